The van der Waals surface area contributed by atoms with Crippen molar-refractivity contribution in [2.75, 3.05) is 6.54 Å². The molecule has 0 atom stereocenters. The summed E-state index contributed by atoms with van der Waals surface area (Å²) in [7, 11) is 0. The molecule has 0 spiro atoms. The quantitative estimate of drug-likeness (QED) is 0.767. The molecule has 3 nitrogen and oxygen atoms in total. The van der Waals surface area contributed by atoms with E-state index in [4.69, 9.17) is 5.11 Å². The van der Waals surface area contributed by atoms with Crippen molar-refractivity contribution in [3.8, 4) is 0 Å². The summed E-state index contributed by atoms with van der Waals surface area (Å²) in [5.74, 6) is -0.885. The van der Waals surface area contributed by atoms with Crippen molar-refractivity contribution in [2.45, 2.75) is 38.6 Å². The summed E-state index contributed by atoms with van der Waals surface area (Å²) in [4.78, 5) is 10.9. The van der Waals surface area contributed by atoms with Gasteiger partial charge in [-0.05, 0) is 36.1 Å². The van der Waals surface area contributed by atoms with Gasteiger partial charge >= 0.3 is 5.97 Å². The maximum Gasteiger partial charge on any atom is 0.335 e. The van der Waals surface area contributed by atoms with E-state index in [0.717, 1.165) is 31.5 Å². The minimum Gasteiger partial charge on any atom is -0.478 e. The summed E-state index contributed by atoms with van der Waals surface area (Å²) in [6.45, 7) is 6.12. The summed E-state index contributed by atoms with van der Waals surface area (Å²) in [6, 6.07) is 17.7. The van der Waals surface area contributed by atoms with Gasteiger partial charge in [-0.3, -0.25) is 0 Å². The standard InChI is InChI=1S/C20H25NO2/c1-3-20(4-2,18-8-6-5-7-9-18)15-21-14-16-10-12-17(13-11-16)19(22)23/h5-13,21H,3-4,14-15H2,1-2H3,(H,22,23). The van der Waals surface area contributed by atoms with Gasteiger partial charge in [0.15, 0.2) is 0 Å². The highest BCUT2D eigenvalue weighted by molar-refractivity contribution is 5.87. The molecule has 0 unspecified atom stereocenters. The number of carboxylic acids is 1. The predicted octanol–water partition coefficient (Wildman–Crippen LogP) is 4.23. The number of hydrogen-bond acceptors (Lipinski definition) is 2. The highest BCUT2D eigenvalue weighted by atomic mass is 16.4. The Labute approximate surface area is 138 Å². The predicted molar refractivity (Wildman–Crippen MR) is 93.8 cm³/mol. The fourth-order valence-electron chi connectivity index (χ4n) is 3.01. The van der Waals surface area contributed by atoms with Gasteiger partial charge in [0.05, 0.1) is 5.56 Å². The van der Waals surface area contributed by atoms with E-state index in [0.29, 0.717) is 5.56 Å². The molecule has 0 saturated carbocycles. The van der Waals surface area contributed by atoms with Crippen molar-refractivity contribution in [1.29, 1.82) is 0 Å². The SMILES string of the molecule is CCC(CC)(CNCc1ccc(C(=O)O)cc1)c1ccccc1. The molecule has 0 heterocycles. The number of benzene rings is 2. The second-order valence-corrected chi connectivity index (χ2v) is 5.96. The first kappa shape index (κ1) is 17.2. The molecule has 2 N–H and O–H groups in total. The topological polar surface area (TPSA) is 49.3 Å². The fourth-order valence-corrected chi connectivity index (χ4v) is 3.01. The molecule has 3 heteroatoms. The highest BCUT2D eigenvalue weighted by Gasteiger charge is 2.27. The third-order valence-electron chi connectivity index (χ3n) is 4.73. The summed E-state index contributed by atoms with van der Waals surface area (Å²) < 4.78 is 0. The van der Waals surface area contributed by atoms with Gasteiger partial charge < -0.3 is 10.4 Å². The maximum absolute atomic E-state index is 10.9. The molecule has 2 aromatic rings. The summed E-state index contributed by atoms with van der Waals surface area (Å²) in [5.41, 5.74) is 2.94. The Hall–Kier alpha value is -2.13. The van der Waals surface area contributed by atoms with Crippen LogP contribution in [-0.2, 0) is 12.0 Å². The van der Waals surface area contributed by atoms with Crippen LogP contribution in [-0.4, -0.2) is 17.6 Å². The third kappa shape index (κ3) is 4.20. The van der Waals surface area contributed by atoms with E-state index in [9.17, 15) is 4.79 Å². The lowest BCUT2D eigenvalue weighted by atomic mass is 9.76. The van der Waals surface area contributed by atoms with Crippen LogP contribution in [0.5, 0.6) is 0 Å². The lowest BCUT2D eigenvalue weighted by Gasteiger charge is -2.33. The van der Waals surface area contributed by atoms with Crippen molar-refractivity contribution >= 4 is 5.97 Å². The molecular formula is C20H25NO2. The van der Waals surface area contributed by atoms with E-state index in [1.54, 1.807) is 12.1 Å². The van der Waals surface area contributed by atoms with Crippen LogP contribution >= 0.6 is 0 Å². The number of aromatic carboxylic acids is 1. The Morgan fingerprint density at radius 3 is 2.13 bits per heavy atom. The average molecular weight is 311 g/mol. The summed E-state index contributed by atoms with van der Waals surface area (Å²) in [5, 5.41) is 12.5. The summed E-state index contributed by atoms with van der Waals surface area (Å²) in [6.07, 6.45) is 2.16. The zero-order valence-corrected chi connectivity index (χ0v) is 13.9. The van der Waals surface area contributed by atoms with Crippen LogP contribution in [0.1, 0.15) is 48.2 Å². The lowest BCUT2D eigenvalue weighted by molar-refractivity contribution is 0.0697. The average Bonchev–Trinajstić information content (AvgIpc) is 2.60. The lowest BCUT2D eigenvalue weighted by Crippen LogP contribution is -2.37. The number of carboxylic acid groups (broad SMARTS) is 1. The second-order valence-electron chi connectivity index (χ2n) is 5.96. The molecular weight excluding hydrogens is 286 g/mol. The van der Waals surface area contributed by atoms with Crippen LogP contribution in [0.4, 0.5) is 0 Å². The minimum absolute atomic E-state index is 0.141. The van der Waals surface area contributed by atoms with Crippen molar-refractivity contribution in [2.24, 2.45) is 0 Å². The Bertz CT molecular complexity index is 616. The molecule has 0 aliphatic carbocycles. The van der Waals surface area contributed by atoms with Gasteiger partial charge in [0.2, 0.25) is 0 Å². The van der Waals surface area contributed by atoms with Crippen LogP contribution < -0.4 is 5.32 Å². The summed E-state index contributed by atoms with van der Waals surface area (Å²) >= 11 is 0. The second kappa shape index (κ2) is 7.93. The van der Waals surface area contributed by atoms with Gasteiger partial charge in [0.25, 0.3) is 0 Å². The van der Waals surface area contributed by atoms with E-state index in [2.05, 4.69) is 49.5 Å². The first-order valence-corrected chi connectivity index (χ1v) is 8.20. The van der Waals surface area contributed by atoms with Crippen LogP contribution in [0.15, 0.2) is 54.6 Å². The van der Waals surface area contributed by atoms with Crippen molar-refractivity contribution < 1.29 is 9.90 Å². The molecule has 122 valence electrons. The van der Waals surface area contributed by atoms with E-state index in [1.807, 2.05) is 12.1 Å². The largest absolute Gasteiger partial charge is 0.478 e. The molecule has 0 aliphatic rings. The molecule has 23 heavy (non-hydrogen) atoms. The third-order valence-corrected chi connectivity index (χ3v) is 4.73. The normalized spacial score (nSPS) is 11.4. The Morgan fingerprint density at radius 2 is 1.61 bits per heavy atom. The zero-order valence-electron chi connectivity index (χ0n) is 13.9. The van der Waals surface area contributed by atoms with Gasteiger partial charge in [-0.1, -0.05) is 56.3 Å². The van der Waals surface area contributed by atoms with Gasteiger partial charge in [-0.2, -0.15) is 0 Å². The molecule has 0 saturated heterocycles. The van der Waals surface area contributed by atoms with Crippen LogP contribution in [0.3, 0.4) is 0 Å². The minimum atomic E-state index is -0.885. The molecule has 0 amide bonds. The number of carbonyl (C=O) groups is 1. The maximum atomic E-state index is 10.9. The molecule has 0 radical (unpaired) electrons. The Morgan fingerprint density at radius 1 is 1.00 bits per heavy atom. The Kier molecular flexibility index (Phi) is 5.94. The highest BCUT2D eigenvalue weighted by Crippen LogP contribution is 2.30. The fraction of sp³-hybridized carbons (Fsp3) is 0.350. The molecule has 0 aromatic heterocycles. The van der Waals surface area contributed by atoms with E-state index >= 15 is 0 Å². The van der Waals surface area contributed by atoms with E-state index in [1.165, 1.54) is 5.56 Å². The van der Waals surface area contributed by atoms with Gasteiger partial charge in [-0.25, -0.2) is 4.79 Å². The molecule has 2 rings (SSSR count). The van der Waals surface area contributed by atoms with E-state index < -0.39 is 5.97 Å². The Balaban J connectivity index is 2.01. The first-order valence-electron chi connectivity index (χ1n) is 8.20. The van der Waals surface area contributed by atoms with Crippen molar-refractivity contribution in [3.63, 3.8) is 0 Å². The van der Waals surface area contributed by atoms with Crippen LogP contribution in [0.25, 0.3) is 0 Å². The van der Waals surface area contributed by atoms with Crippen LogP contribution in [0.2, 0.25) is 0 Å². The first-order chi connectivity index (χ1) is 11.1. The van der Waals surface area contributed by atoms with Gasteiger partial charge in [-0.15, -0.1) is 0 Å². The molecule has 2 aromatic carbocycles. The molecule has 0 aliphatic heterocycles. The zero-order chi connectivity index (χ0) is 16.7. The van der Waals surface area contributed by atoms with Gasteiger partial charge in [0.1, 0.15) is 0 Å². The van der Waals surface area contributed by atoms with Crippen molar-refractivity contribution in [3.05, 3.63) is 71.3 Å². The van der Waals surface area contributed by atoms with E-state index in [-0.39, 0.29) is 5.41 Å². The van der Waals surface area contributed by atoms with Crippen molar-refractivity contribution in [1.82, 2.24) is 5.32 Å². The molecule has 0 bridgehead atoms. The van der Waals surface area contributed by atoms with Crippen LogP contribution in [0, 0.1) is 0 Å². The van der Waals surface area contributed by atoms with Gasteiger partial charge in [0, 0.05) is 18.5 Å². The smallest absolute Gasteiger partial charge is 0.335 e. The number of hydrogen-bond donors (Lipinski definition) is 2. The number of nitrogens with one attached hydrogen (secondary N) is 1. The molecule has 0 fully saturated rings. The number of rotatable bonds is 8. The monoisotopic (exact) mass is 311 g/mol.